The van der Waals surface area contributed by atoms with Crippen molar-refractivity contribution in [1.82, 2.24) is 14.6 Å². The Morgan fingerprint density at radius 2 is 1.82 bits per heavy atom. The number of aryl methyl sites for hydroxylation is 1. The maximum absolute atomic E-state index is 13.0. The Labute approximate surface area is 237 Å². The minimum Gasteiger partial charge on any atom is -0.466 e. The average Bonchev–Trinajstić information content (AvgIpc) is 3.36. The first-order valence-electron chi connectivity index (χ1n) is 13.2. The number of esters is 1. The van der Waals surface area contributed by atoms with Crippen LogP contribution in [0.5, 0.6) is 0 Å². The maximum atomic E-state index is 13.0. The summed E-state index contributed by atoms with van der Waals surface area (Å²) in [4.78, 5) is 30.7. The summed E-state index contributed by atoms with van der Waals surface area (Å²) in [5.74, 6) is -0.195. The van der Waals surface area contributed by atoms with Crippen molar-refractivity contribution < 1.29 is 19.1 Å². The van der Waals surface area contributed by atoms with Crippen molar-refractivity contribution in [3.63, 3.8) is 0 Å². The number of benzene rings is 1. The molecule has 4 rings (SSSR count). The zero-order valence-corrected chi connectivity index (χ0v) is 24.1. The highest BCUT2D eigenvalue weighted by Gasteiger charge is 2.21. The van der Waals surface area contributed by atoms with Gasteiger partial charge in [-0.1, -0.05) is 25.1 Å². The molecule has 0 N–H and O–H groups in total. The van der Waals surface area contributed by atoms with Crippen LogP contribution in [0.2, 0.25) is 0 Å². The van der Waals surface area contributed by atoms with E-state index in [4.69, 9.17) is 14.6 Å². The van der Waals surface area contributed by atoms with Gasteiger partial charge in [0.15, 0.2) is 0 Å². The first kappa shape index (κ1) is 28.3. The molecule has 3 heterocycles. The summed E-state index contributed by atoms with van der Waals surface area (Å²) in [6.45, 7) is 4.28. The fourth-order valence-corrected chi connectivity index (χ4v) is 4.93. The molecule has 39 heavy (non-hydrogen) atoms. The average molecular weight is 594 g/mol. The first-order chi connectivity index (χ1) is 18.9. The molecule has 0 saturated carbocycles. The molecule has 0 fully saturated rings. The number of nitrogens with zero attached hydrogens (tertiary/aromatic N) is 4. The van der Waals surface area contributed by atoms with E-state index < -0.39 is 6.09 Å². The lowest BCUT2D eigenvalue weighted by Crippen LogP contribution is -2.27. The van der Waals surface area contributed by atoms with E-state index in [-0.39, 0.29) is 12.6 Å². The summed E-state index contributed by atoms with van der Waals surface area (Å²) in [5, 5.41) is 4.96. The van der Waals surface area contributed by atoms with Gasteiger partial charge in [-0.25, -0.2) is 9.31 Å². The van der Waals surface area contributed by atoms with Gasteiger partial charge in [-0.05, 0) is 84.4 Å². The van der Waals surface area contributed by atoms with Crippen molar-refractivity contribution in [1.29, 1.82) is 0 Å². The molecule has 0 aliphatic carbocycles. The van der Waals surface area contributed by atoms with Gasteiger partial charge in [0.05, 0.1) is 12.1 Å². The van der Waals surface area contributed by atoms with Crippen molar-refractivity contribution in [2.45, 2.75) is 52.6 Å². The van der Waals surface area contributed by atoms with Gasteiger partial charge in [0.25, 0.3) is 0 Å². The fraction of sp³-hybridized carbons (Fsp3) is 0.333. The molecular weight excluding hydrogens is 560 g/mol. The van der Waals surface area contributed by atoms with Crippen LogP contribution in [0.3, 0.4) is 0 Å². The second kappa shape index (κ2) is 13.4. The van der Waals surface area contributed by atoms with E-state index in [1.165, 1.54) is 4.90 Å². The molecule has 4 aromatic rings. The number of aromatic nitrogens is 3. The van der Waals surface area contributed by atoms with Crippen LogP contribution in [0, 0.1) is 0 Å². The summed E-state index contributed by atoms with van der Waals surface area (Å²) >= 11 is 3.56. The standard InChI is InChI=1S/C30H33BrN4O4/c1-4-23-15-16-27-29(21-17-22(31)19-32-18-21)25(13-9-10-14-28(36)38-5-2)26(33-35(23)27)20-39-30(37)34(3)24-11-7-6-8-12-24/h6-8,11-12,15-19H,4-5,9-10,13-14,20H2,1-3H3. The van der Waals surface area contributed by atoms with Crippen LogP contribution in [0.15, 0.2) is 65.4 Å². The van der Waals surface area contributed by atoms with Gasteiger partial charge in [0.2, 0.25) is 0 Å². The highest BCUT2D eigenvalue weighted by atomic mass is 79.9. The molecule has 0 aliphatic heterocycles. The number of fused-ring (bicyclic) bond motifs is 1. The fourth-order valence-electron chi connectivity index (χ4n) is 4.57. The molecule has 8 nitrogen and oxygen atoms in total. The van der Waals surface area contributed by atoms with Crippen molar-refractivity contribution in [2.24, 2.45) is 0 Å². The number of amides is 1. The molecule has 0 aliphatic rings. The molecule has 0 bridgehead atoms. The monoisotopic (exact) mass is 592 g/mol. The van der Waals surface area contributed by atoms with Gasteiger partial charge in [-0.15, -0.1) is 0 Å². The molecule has 1 aromatic carbocycles. The Morgan fingerprint density at radius 1 is 1.03 bits per heavy atom. The molecular formula is C30H33BrN4O4. The van der Waals surface area contributed by atoms with E-state index in [0.29, 0.717) is 31.6 Å². The summed E-state index contributed by atoms with van der Waals surface area (Å²) in [7, 11) is 1.68. The Kier molecular flexibility index (Phi) is 9.70. The number of carbonyl (C=O) groups excluding carboxylic acids is 2. The lowest BCUT2D eigenvalue weighted by atomic mass is 9.95. The minimum absolute atomic E-state index is 0.00885. The smallest absolute Gasteiger partial charge is 0.414 e. The number of pyridine rings is 1. The van der Waals surface area contributed by atoms with Gasteiger partial charge in [0.1, 0.15) is 12.3 Å². The summed E-state index contributed by atoms with van der Waals surface area (Å²) in [5.41, 5.74) is 6.34. The van der Waals surface area contributed by atoms with Crippen LogP contribution in [0.4, 0.5) is 10.5 Å². The number of halogens is 1. The number of rotatable bonds is 11. The third-order valence-electron chi connectivity index (χ3n) is 6.53. The lowest BCUT2D eigenvalue weighted by Gasteiger charge is -2.20. The van der Waals surface area contributed by atoms with Crippen molar-refractivity contribution in [3.8, 4) is 11.1 Å². The van der Waals surface area contributed by atoms with Gasteiger partial charge in [0, 0.05) is 52.8 Å². The summed E-state index contributed by atoms with van der Waals surface area (Å²) in [6, 6.07) is 15.5. The van der Waals surface area contributed by atoms with Crippen LogP contribution in [0.1, 0.15) is 50.1 Å². The van der Waals surface area contributed by atoms with E-state index in [0.717, 1.165) is 50.9 Å². The zero-order chi connectivity index (χ0) is 27.8. The molecule has 0 atom stereocenters. The van der Waals surface area contributed by atoms with Crippen LogP contribution in [0.25, 0.3) is 16.6 Å². The molecule has 0 spiro atoms. The molecule has 204 valence electrons. The van der Waals surface area contributed by atoms with Gasteiger partial charge in [-0.2, -0.15) is 5.10 Å². The largest absolute Gasteiger partial charge is 0.466 e. The molecule has 1 amide bonds. The number of unbranched alkanes of at least 4 members (excludes halogenated alkanes) is 1. The van der Waals surface area contributed by atoms with Gasteiger partial charge >= 0.3 is 12.1 Å². The molecule has 0 unspecified atom stereocenters. The van der Waals surface area contributed by atoms with Crippen LogP contribution >= 0.6 is 15.9 Å². The van der Waals surface area contributed by atoms with E-state index >= 15 is 0 Å². The lowest BCUT2D eigenvalue weighted by molar-refractivity contribution is -0.143. The number of carbonyl (C=O) groups is 2. The maximum Gasteiger partial charge on any atom is 0.414 e. The highest BCUT2D eigenvalue weighted by molar-refractivity contribution is 9.10. The number of anilines is 1. The number of para-hydroxylation sites is 1. The zero-order valence-electron chi connectivity index (χ0n) is 22.5. The topological polar surface area (TPSA) is 86.0 Å². The Morgan fingerprint density at radius 3 is 2.54 bits per heavy atom. The second-order valence-electron chi connectivity index (χ2n) is 9.13. The van der Waals surface area contributed by atoms with Crippen LogP contribution in [-0.4, -0.2) is 40.3 Å². The van der Waals surface area contributed by atoms with E-state index in [1.807, 2.05) is 54.0 Å². The van der Waals surface area contributed by atoms with Crippen molar-refractivity contribution >= 4 is 39.2 Å². The molecule has 3 aromatic heterocycles. The SMILES string of the molecule is CCOC(=O)CCCCc1c(COC(=O)N(C)c2ccccc2)nn2c(CC)ccc2c1-c1cncc(Br)c1. The van der Waals surface area contributed by atoms with E-state index in [2.05, 4.69) is 40.0 Å². The minimum atomic E-state index is -0.467. The number of ether oxygens (including phenoxy) is 2. The van der Waals surface area contributed by atoms with Crippen molar-refractivity contribution in [3.05, 3.63) is 82.3 Å². The third kappa shape index (κ3) is 6.84. The first-order valence-corrected chi connectivity index (χ1v) is 14.0. The Balaban J connectivity index is 1.71. The predicted octanol–water partition coefficient (Wildman–Crippen LogP) is 6.77. The van der Waals surface area contributed by atoms with Gasteiger partial charge < -0.3 is 9.47 Å². The van der Waals surface area contributed by atoms with Crippen LogP contribution < -0.4 is 4.90 Å². The summed E-state index contributed by atoms with van der Waals surface area (Å²) < 4.78 is 13.7. The summed E-state index contributed by atoms with van der Waals surface area (Å²) in [6.07, 6.45) is 6.34. The highest BCUT2D eigenvalue weighted by Crippen LogP contribution is 2.34. The number of hydrogen-bond donors (Lipinski definition) is 0. The van der Waals surface area contributed by atoms with Crippen molar-refractivity contribution in [2.75, 3.05) is 18.6 Å². The molecule has 9 heteroatoms. The molecule has 0 radical (unpaired) electrons. The Bertz CT molecular complexity index is 1440. The Hall–Kier alpha value is -3.72. The molecule has 0 saturated heterocycles. The van der Waals surface area contributed by atoms with E-state index in [9.17, 15) is 9.59 Å². The quantitative estimate of drug-likeness (QED) is 0.141. The van der Waals surface area contributed by atoms with Crippen LogP contribution in [-0.2, 0) is 33.7 Å². The second-order valence-corrected chi connectivity index (χ2v) is 10.0. The third-order valence-corrected chi connectivity index (χ3v) is 6.96. The van der Waals surface area contributed by atoms with Gasteiger partial charge in [-0.3, -0.25) is 14.7 Å². The number of hydrogen-bond acceptors (Lipinski definition) is 6. The van der Waals surface area contributed by atoms with E-state index in [1.54, 1.807) is 13.2 Å². The predicted molar refractivity (Wildman–Crippen MR) is 155 cm³/mol. The normalized spacial score (nSPS) is 11.0.